The monoisotopic (exact) mass is 224 g/mol. The Morgan fingerprint density at radius 1 is 1.31 bits per heavy atom. The Morgan fingerprint density at radius 3 is 2.56 bits per heavy atom. The molecule has 2 N–H and O–H groups in total. The highest BCUT2D eigenvalue weighted by Crippen LogP contribution is 2.32. The van der Waals surface area contributed by atoms with Crippen molar-refractivity contribution in [3.63, 3.8) is 0 Å². The van der Waals surface area contributed by atoms with Gasteiger partial charge in [-0.05, 0) is 38.5 Å². The van der Waals surface area contributed by atoms with Crippen LogP contribution in [0.4, 0.5) is 0 Å². The zero-order chi connectivity index (χ0) is 11.5. The van der Waals surface area contributed by atoms with Crippen molar-refractivity contribution in [2.24, 2.45) is 11.7 Å². The van der Waals surface area contributed by atoms with E-state index in [0.29, 0.717) is 11.9 Å². The minimum Gasteiger partial charge on any atom is -0.339 e. The lowest BCUT2D eigenvalue weighted by Gasteiger charge is -2.25. The van der Waals surface area contributed by atoms with E-state index in [1.54, 1.807) is 0 Å². The van der Waals surface area contributed by atoms with E-state index in [0.717, 1.165) is 32.2 Å². The van der Waals surface area contributed by atoms with Crippen LogP contribution in [0.1, 0.15) is 51.9 Å². The van der Waals surface area contributed by atoms with Gasteiger partial charge in [0.15, 0.2) is 0 Å². The van der Waals surface area contributed by atoms with E-state index in [1.165, 1.54) is 19.3 Å². The largest absolute Gasteiger partial charge is 0.339 e. The molecule has 2 atom stereocenters. The standard InChI is InChI=1S/C13H24N2O/c1-2-3-8-15(12-6-7-12)13(16)10-4-5-11(14)9-10/h10-12H,2-9,14H2,1H3. The summed E-state index contributed by atoms with van der Waals surface area (Å²) < 4.78 is 0. The summed E-state index contributed by atoms with van der Waals surface area (Å²) in [4.78, 5) is 14.5. The average Bonchev–Trinajstić information content (AvgIpc) is 3.01. The first kappa shape index (κ1) is 11.9. The number of amides is 1. The van der Waals surface area contributed by atoms with Gasteiger partial charge < -0.3 is 10.6 Å². The van der Waals surface area contributed by atoms with Gasteiger partial charge in [-0.15, -0.1) is 0 Å². The molecule has 0 saturated heterocycles. The molecular weight excluding hydrogens is 200 g/mol. The molecule has 2 unspecified atom stereocenters. The highest BCUT2D eigenvalue weighted by Gasteiger charge is 2.37. The van der Waals surface area contributed by atoms with Crippen LogP contribution in [-0.2, 0) is 4.79 Å². The van der Waals surface area contributed by atoms with Crippen LogP contribution >= 0.6 is 0 Å². The van der Waals surface area contributed by atoms with Gasteiger partial charge in [-0.1, -0.05) is 13.3 Å². The van der Waals surface area contributed by atoms with Crippen molar-refractivity contribution in [3.05, 3.63) is 0 Å². The van der Waals surface area contributed by atoms with Crippen molar-refractivity contribution in [1.29, 1.82) is 0 Å². The number of nitrogens with two attached hydrogens (primary N) is 1. The lowest BCUT2D eigenvalue weighted by molar-refractivity contribution is -0.136. The predicted octanol–water partition coefficient (Wildman–Crippen LogP) is 1.90. The first-order chi connectivity index (χ1) is 7.72. The molecule has 2 aliphatic rings. The first-order valence-electron chi connectivity index (χ1n) is 6.78. The maximum absolute atomic E-state index is 12.3. The third-order valence-corrected chi connectivity index (χ3v) is 3.85. The van der Waals surface area contributed by atoms with Crippen LogP contribution in [0.3, 0.4) is 0 Å². The Balaban J connectivity index is 1.88. The fourth-order valence-electron chi connectivity index (χ4n) is 2.66. The highest BCUT2D eigenvalue weighted by atomic mass is 16.2. The van der Waals surface area contributed by atoms with Gasteiger partial charge in [0.2, 0.25) is 5.91 Å². The number of unbranched alkanes of at least 4 members (excludes halogenated alkanes) is 1. The molecule has 2 fully saturated rings. The van der Waals surface area contributed by atoms with Crippen LogP contribution in [-0.4, -0.2) is 29.4 Å². The van der Waals surface area contributed by atoms with Crippen LogP contribution in [0.15, 0.2) is 0 Å². The minimum absolute atomic E-state index is 0.229. The lowest BCUT2D eigenvalue weighted by Crippen LogP contribution is -2.38. The minimum atomic E-state index is 0.229. The van der Waals surface area contributed by atoms with Gasteiger partial charge in [-0.3, -0.25) is 4.79 Å². The van der Waals surface area contributed by atoms with Crippen LogP contribution < -0.4 is 5.73 Å². The van der Waals surface area contributed by atoms with E-state index < -0.39 is 0 Å². The van der Waals surface area contributed by atoms with Crippen molar-refractivity contribution in [1.82, 2.24) is 4.90 Å². The molecule has 0 aromatic rings. The highest BCUT2D eigenvalue weighted by molar-refractivity contribution is 5.79. The Bertz CT molecular complexity index is 250. The summed E-state index contributed by atoms with van der Waals surface area (Å²) in [5.74, 6) is 0.622. The summed E-state index contributed by atoms with van der Waals surface area (Å²) in [5, 5.41) is 0. The predicted molar refractivity (Wildman–Crippen MR) is 65.0 cm³/mol. The van der Waals surface area contributed by atoms with E-state index in [4.69, 9.17) is 5.73 Å². The smallest absolute Gasteiger partial charge is 0.225 e. The quantitative estimate of drug-likeness (QED) is 0.775. The summed E-state index contributed by atoms with van der Waals surface area (Å²) in [7, 11) is 0. The average molecular weight is 224 g/mol. The zero-order valence-electron chi connectivity index (χ0n) is 10.3. The molecule has 0 aliphatic heterocycles. The maximum atomic E-state index is 12.3. The molecule has 0 radical (unpaired) electrons. The number of rotatable bonds is 5. The van der Waals surface area contributed by atoms with Crippen molar-refractivity contribution in [2.45, 2.75) is 64.0 Å². The zero-order valence-corrected chi connectivity index (χ0v) is 10.3. The van der Waals surface area contributed by atoms with Gasteiger partial charge in [-0.25, -0.2) is 0 Å². The molecule has 0 aromatic heterocycles. The van der Waals surface area contributed by atoms with Gasteiger partial charge >= 0.3 is 0 Å². The molecule has 0 aromatic carbocycles. The number of hydrogen-bond donors (Lipinski definition) is 1. The Kier molecular flexibility index (Phi) is 3.85. The number of nitrogens with zero attached hydrogens (tertiary/aromatic N) is 1. The third-order valence-electron chi connectivity index (χ3n) is 3.85. The molecular formula is C13H24N2O. The number of hydrogen-bond acceptors (Lipinski definition) is 2. The summed E-state index contributed by atoms with van der Waals surface area (Å²) in [5.41, 5.74) is 5.88. The molecule has 2 saturated carbocycles. The van der Waals surface area contributed by atoms with Crippen LogP contribution in [0, 0.1) is 5.92 Å². The first-order valence-corrected chi connectivity index (χ1v) is 6.78. The van der Waals surface area contributed by atoms with E-state index >= 15 is 0 Å². The molecule has 0 heterocycles. The molecule has 1 amide bonds. The van der Waals surface area contributed by atoms with E-state index in [1.807, 2.05) is 0 Å². The summed E-state index contributed by atoms with van der Waals surface area (Å²) in [6.45, 7) is 3.15. The maximum Gasteiger partial charge on any atom is 0.225 e. The molecule has 0 bridgehead atoms. The van der Waals surface area contributed by atoms with E-state index in [-0.39, 0.29) is 12.0 Å². The molecule has 92 valence electrons. The number of carbonyl (C=O) groups is 1. The summed E-state index contributed by atoms with van der Waals surface area (Å²) in [6.07, 6.45) is 7.69. The Labute approximate surface area is 98.4 Å². The van der Waals surface area contributed by atoms with Crippen molar-refractivity contribution in [2.75, 3.05) is 6.54 Å². The van der Waals surface area contributed by atoms with Gasteiger partial charge in [0.25, 0.3) is 0 Å². The molecule has 3 nitrogen and oxygen atoms in total. The lowest BCUT2D eigenvalue weighted by atomic mass is 10.1. The van der Waals surface area contributed by atoms with Crippen LogP contribution in [0.25, 0.3) is 0 Å². The normalized spacial score (nSPS) is 29.4. The number of carbonyl (C=O) groups excluding carboxylic acids is 1. The molecule has 2 aliphatic carbocycles. The third kappa shape index (κ3) is 2.76. The fourth-order valence-corrected chi connectivity index (χ4v) is 2.66. The summed E-state index contributed by atoms with van der Waals surface area (Å²) >= 11 is 0. The van der Waals surface area contributed by atoms with Crippen molar-refractivity contribution in [3.8, 4) is 0 Å². The molecule has 2 rings (SSSR count). The SMILES string of the molecule is CCCCN(C(=O)C1CCC(N)C1)C1CC1. The van der Waals surface area contributed by atoms with E-state index in [2.05, 4.69) is 11.8 Å². The molecule has 16 heavy (non-hydrogen) atoms. The molecule has 3 heteroatoms. The van der Waals surface area contributed by atoms with Crippen molar-refractivity contribution < 1.29 is 4.79 Å². The Morgan fingerprint density at radius 2 is 2.06 bits per heavy atom. The van der Waals surface area contributed by atoms with Crippen LogP contribution in [0.5, 0.6) is 0 Å². The molecule has 0 spiro atoms. The van der Waals surface area contributed by atoms with Gasteiger partial charge in [0, 0.05) is 24.5 Å². The van der Waals surface area contributed by atoms with Crippen molar-refractivity contribution >= 4 is 5.91 Å². The van der Waals surface area contributed by atoms with E-state index in [9.17, 15) is 4.79 Å². The second-order valence-electron chi connectivity index (χ2n) is 5.39. The fraction of sp³-hybridized carbons (Fsp3) is 0.923. The second kappa shape index (κ2) is 5.17. The van der Waals surface area contributed by atoms with Gasteiger partial charge in [0.1, 0.15) is 0 Å². The topological polar surface area (TPSA) is 46.3 Å². The van der Waals surface area contributed by atoms with Gasteiger partial charge in [-0.2, -0.15) is 0 Å². The van der Waals surface area contributed by atoms with Crippen LogP contribution in [0.2, 0.25) is 0 Å². The second-order valence-corrected chi connectivity index (χ2v) is 5.39. The Hall–Kier alpha value is -0.570. The van der Waals surface area contributed by atoms with Gasteiger partial charge in [0.05, 0.1) is 0 Å². The summed E-state index contributed by atoms with van der Waals surface area (Å²) in [6, 6.07) is 0.831.